The van der Waals surface area contributed by atoms with Gasteiger partial charge < -0.3 is 4.74 Å². The molecule has 2 atom stereocenters. The van der Waals surface area contributed by atoms with E-state index in [4.69, 9.17) is 4.74 Å². The van der Waals surface area contributed by atoms with Crippen LogP contribution in [0.25, 0.3) is 0 Å². The Morgan fingerprint density at radius 3 is 2.51 bits per heavy atom. The summed E-state index contributed by atoms with van der Waals surface area (Å²) in [6, 6.07) is 10.7. The van der Waals surface area contributed by atoms with Crippen molar-refractivity contribution < 1.29 is 22.9 Å². The normalized spacial score (nSPS) is 19.8. The summed E-state index contributed by atoms with van der Waals surface area (Å²) in [5.41, 5.74) is 2.64. The summed E-state index contributed by atoms with van der Waals surface area (Å²) in [7, 11) is -4.10. The molecule has 0 spiro atoms. The van der Waals surface area contributed by atoms with Crippen molar-refractivity contribution >= 4 is 21.7 Å². The largest absolute Gasteiger partial charge is 0.459 e. The van der Waals surface area contributed by atoms with Crippen LogP contribution < -0.4 is 0 Å². The molecule has 1 aliphatic heterocycles. The fourth-order valence-electron chi connectivity index (χ4n) is 5.27. The van der Waals surface area contributed by atoms with E-state index in [0.29, 0.717) is 19.5 Å². The summed E-state index contributed by atoms with van der Waals surface area (Å²) < 4.78 is 33.9. The molecular formula is C27H35N3O6S. The predicted molar refractivity (Wildman–Crippen MR) is 140 cm³/mol. The minimum atomic E-state index is -4.10. The number of nitro groups is 1. The van der Waals surface area contributed by atoms with Crippen LogP contribution in [0.3, 0.4) is 0 Å². The smallest absolute Gasteiger partial charge is 0.324 e. The van der Waals surface area contributed by atoms with Crippen molar-refractivity contribution in [3.63, 3.8) is 0 Å². The van der Waals surface area contributed by atoms with Gasteiger partial charge in [0.15, 0.2) is 4.90 Å². The standard InChI is InChI=1S/C27H35N3O6S/c1-19-18-28(14-15-29(19)37(34,35)25-11-6-5-10-23(25)30(32)33)24(26(31)36-27(2,3)4)17-20-12-13-21-8-7-9-22(21)16-20/h5-6,10-13,16,19,24H,7-9,14-15,17-18H2,1-4H3/t19-,24-/m0/s1. The van der Waals surface area contributed by atoms with Crippen molar-refractivity contribution in [3.05, 3.63) is 69.3 Å². The van der Waals surface area contributed by atoms with Gasteiger partial charge in [-0.2, -0.15) is 4.31 Å². The van der Waals surface area contributed by atoms with E-state index >= 15 is 0 Å². The number of benzene rings is 2. The molecule has 1 saturated heterocycles. The molecule has 0 aromatic heterocycles. The maximum absolute atomic E-state index is 13.4. The first-order chi connectivity index (χ1) is 17.4. The highest BCUT2D eigenvalue weighted by Gasteiger charge is 2.41. The van der Waals surface area contributed by atoms with Crippen LogP contribution in [0.5, 0.6) is 0 Å². The van der Waals surface area contributed by atoms with Gasteiger partial charge in [0, 0.05) is 31.7 Å². The van der Waals surface area contributed by atoms with Gasteiger partial charge in [0.2, 0.25) is 10.0 Å². The van der Waals surface area contributed by atoms with E-state index in [1.165, 1.54) is 39.7 Å². The maximum atomic E-state index is 13.4. The zero-order chi connectivity index (χ0) is 27.0. The summed E-state index contributed by atoms with van der Waals surface area (Å²) in [4.78, 5) is 25.8. The molecule has 4 rings (SSSR count). The van der Waals surface area contributed by atoms with E-state index in [1.54, 1.807) is 6.92 Å². The molecule has 2 aromatic carbocycles. The first-order valence-electron chi connectivity index (χ1n) is 12.7. The zero-order valence-electron chi connectivity index (χ0n) is 21.8. The summed E-state index contributed by atoms with van der Waals surface area (Å²) in [6.45, 7) is 7.97. The van der Waals surface area contributed by atoms with E-state index in [0.717, 1.165) is 24.8 Å². The molecule has 1 aliphatic carbocycles. The number of hydrogen-bond acceptors (Lipinski definition) is 7. The third-order valence-corrected chi connectivity index (χ3v) is 9.02. The Hall–Kier alpha value is -2.82. The number of nitrogens with zero attached hydrogens (tertiary/aromatic N) is 3. The fraction of sp³-hybridized carbons (Fsp3) is 0.519. The molecule has 9 nitrogen and oxygen atoms in total. The first kappa shape index (κ1) is 27.2. The third kappa shape index (κ3) is 6.02. The minimum Gasteiger partial charge on any atom is -0.459 e. The molecule has 2 aromatic rings. The number of hydrogen-bond donors (Lipinski definition) is 0. The first-order valence-corrected chi connectivity index (χ1v) is 14.1. The van der Waals surface area contributed by atoms with Crippen LogP contribution >= 0.6 is 0 Å². The lowest BCUT2D eigenvalue weighted by Crippen LogP contribution is -2.58. The lowest BCUT2D eigenvalue weighted by Gasteiger charge is -2.42. The molecule has 0 bridgehead atoms. The van der Waals surface area contributed by atoms with Crippen LogP contribution in [-0.2, 0) is 38.8 Å². The van der Waals surface area contributed by atoms with Gasteiger partial charge >= 0.3 is 5.97 Å². The van der Waals surface area contributed by atoms with Crippen molar-refractivity contribution in [1.82, 2.24) is 9.21 Å². The Kier molecular flexibility index (Phi) is 7.73. The number of fused-ring (bicyclic) bond motifs is 1. The number of carbonyl (C=O) groups is 1. The second kappa shape index (κ2) is 10.5. The Morgan fingerprint density at radius 1 is 1.14 bits per heavy atom. The lowest BCUT2D eigenvalue weighted by atomic mass is 9.99. The third-order valence-electron chi connectivity index (χ3n) is 6.96. The Morgan fingerprint density at radius 2 is 1.84 bits per heavy atom. The van der Waals surface area contributed by atoms with Gasteiger partial charge in [-0.05, 0) is 76.1 Å². The number of para-hydroxylation sites is 1. The number of ether oxygens (including phenoxy) is 1. The fourth-order valence-corrected chi connectivity index (χ4v) is 7.04. The SMILES string of the molecule is C[C@H]1CN([C@@H](Cc2ccc3c(c2)CCC3)C(=O)OC(C)(C)C)CCN1S(=O)(=O)c1ccccc1[N+](=O)[O-]. The molecule has 0 amide bonds. The number of sulfonamides is 1. The van der Waals surface area contributed by atoms with Crippen molar-refractivity contribution in [2.75, 3.05) is 19.6 Å². The number of aryl methyl sites for hydroxylation is 2. The van der Waals surface area contributed by atoms with Crippen molar-refractivity contribution in [3.8, 4) is 0 Å². The highest BCUT2D eigenvalue weighted by molar-refractivity contribution is 7.89. The van der Waals surface area contributed by atoms with Gasteiger partial charge in [0.05, 0.1) is 4.92 Å². The van der Waals surface area contributed by atoms with Gasteiger partial charge in [0.25, 0.3) is 5.69 Å². The Bertz CT molecular complexity index is 1290. The van der Waals surface area contributed by atoms with Crippen molar-refractivity contribution in [1.29, 1.82) is 0 Å². The number of rotatable bonds is 7. The Balaban J connectivity index is 1.57. The summed E-state index contributed by atoms with van der Waals surface area (Å²) in [5.74, 6) is -0.338. The van der Waals surface area contributed by atoms with Crippen LogP contribution in [0, 0.1) is 10.1 Å². The van der Waals surface area contributed by atoms with Gasteiger partial charge in [-0.15, -0.1) is 0 Å². The highest BCUT2D eigenvalue weighted by Crippen LogP contribution is 2.30. The maximum Gasteiger partial charge on any atom is 0.324 e. The molecule has 1 fully saturated rings. The van der Waals surface area contributed by atoms with E-state index in [2.05, 4.69) is 18.2 Å². The molecule has 10 heteroatoms. The van der Waals surface area contributed by atoms with Crippen LogP contribution in [-0.4, -0.2) is 65.8 Å². The van der Waals surface area contributed by atoms with Crippen LogP contribution in [0.2, 0.25) is 0 Å². The van der Waals surface area contributed by atoms with E-state index in [-0.39, 0.29) is 17.4 Å². The topological polar surface area (TPSA) is 110 Å². The van der Waals surface area contributed by atoms with E-state index < -0.39 is 38.3 Å². The number of carbonyl (C=O) groups excluding carboxylic acids is 1. The van der Waals surface area contributed by atoms with Crippen LogP contribution in [0.15, 0.2) is 47.4 Å². The molecule has 37 heavy (non-hydrogen) atoms. The molecule has 0 unspecified atom stereocenters. The molecule has 0 N–H and O–H groups in total. The Labute approximate surface area is 218 Å². The van der Waals surface area contributed by atoms with Gasteiger partial charge in [0.1, 0.15) is 11.6 Å². The molecule has 0 saturated carbocycles. The zero-order valence-corrected chi connectivity index (χ0v) is 22.7. The van der Waals surface area contributed by atoms with Gasteiger partial charge in [-0.25, -0.2) is 8.42 Å². The number of nitro benzene ring substituents is 1. The summed E-state index contributed by atoms with van der Waals surface area (Å²) >= 11 is 0. The quantitative estimate of drug-likeness (QED) is 0.305. The second-order valence-corrected chi connectivity index (χ2v) is 12.8. The monoisotopic (exact) mass is 529 g/mol. The van der Waals surface area contributed by atoms with Crippen molar-refractivity contribution in [2.24, 2.45) is 0 Å². The summed E-state index contributed by atoms with van der Waals surface area (Å²) in [5, 5.41) is 11.5. The molecular weight excluding hydrogens is 494 g/mol. The van der Waals surface area contributed by atoms with Gasteiger partial charge in [-0.1, -0.05) is 30.3 Å². The average molecular weight is 530 g/mol. The average Bonchev–Trinajstić information content (AvgIpc) is 3.29. The number of esters is 1. The lowest BCUT2D eigenvalue weighted by molar-refractivity contribution is -0.387. The highest BCUT2D eigenvalue weighted by atomic mass is 32.2. The van der Waals surface area contributed by atoms with E-state index in [1.807, 2.05) is 25.7 Å². The number of piperazine rings is 1. The van der Waals surface area contributed by atoms with Crippen molar-refractivity contribution in [2.45, 2.75) is 76.0 Å². The molecule has 0 radical (unpaired) electrons. The molecule has 1 heterocycles. The van der Waals surface area contributed by atoms with Crippen LogP contribution in [0.4, 0.5) is 5.69 Å². The summed E-state index contributed by atoms with van der Waals surface area (Å²) in [6.07, 6.45) is 3.73. The van der Waals surface area contributed by atoms with Gasteiger partial charge in [-0.3, -0.25) is 19.8 Å². The predicted octanol–water partition coefficient (Wildman–Crippen LogP) is 3.73. The molecule has 2 aliphatic rings. The second-order valence-electron chi connectivity index (χ2n) is 10.9. The van der Waals surface area contributed by atoms with Crippen LogP contribution in [0.1, 0.15) is 50.8 Å². The van der Waals surface area contributed by atoms with E-state index in [9.17, 15) is 23.3 Å². The molecule has 200 valence electrons. The minimum absolute atomic E-state index is 0.110.